The van der Waals surface area contributed by atoms with E-state index in [0.717, 1.165) is 33.8 Å². The van der Waals surface area contributed by atoms with Gasteiger partial charge in [-0.1, -0.05) is 30.3 Å². The number of benzene rings is 1. The molecule has 0 aliphatic rings. The Morgan fingerprint density at radius 2 is 1.84 bits per heavy atom. The van der Waals surface area contributed by atoms with Crippen LogP contribution in [0.2, 0.25) is 0 Å². The molecule has 3 N–H and O–H groups in total. The first-order valence-corrected chi connectivity index (χ1v) is 9.61. The van der Waals surface area contributed by atoms with Crippen molar-refractivity contribution in [2.45, 2.75) is 20.4 Å². The van der Waals surface area contributed by atoms with Crippen molar-refractivity contribution in [3.05, 3.63) is 76.6 Å². The molecular weight excluding hydrogens is 396 g/mol. The van der Waals surface area contributed by atoms with E-state index in [0.29, 0.717) is 5.65 Å². The average Bonchev–Trinajstić information content (AvgIpc) is 3.36. The van der Waals surface area contributed by atoms with Gasteiger partial charge >= 0.3 is 11.6 Å². The molecule has 154 valence electrons. The molecule has 0 atom stereocenters. The van der Waals surface area contributed by atoms with Gasteiger partial charge in [-0.15, -0.1) is 19.7 Å². The summed E-state index contributed by atoms with van der Waals surface area (Å²) in [7, 11) is 0. The zero-order valence-electron chi connectivity index (χ0n) is 16.9. The SMILES string of the molecule is Cc1cc(-c2c(-c3ccccc3)[nH+]c(N)n3c(=O)n(Cc4nnco4)nc23)cc(C)n1. The third-order valence-corrected chi connectivity index (χ3v) is 4.93. The van der Waals surface area contributed by atoms with E-state index < -0.39 is 5.69 Å². The van der Waals surface area contributed by atoms with Crippen molar-refractivity contribution in [3.8, 4) is 22.4 Å². The topological polar surface area (TPSA) is 131 Å². The van der Waals surface area contributed by atoms with Crippen LogP contribution in [-0.2, 0) is 6.54 Å². The Hall–Kier alpha value is -4.34. The second-order valence-corrected chi connectivity index (χ2v) is 7.20. The molecule has 0 aliphatic heterocycles. The quantitative estimate of drug-likeness (QED) is 0.472. The number of anilines is 1. The van der Waals surface area contributed by atoms with E-state index in [1.54, 1.807) is 0 Å². The first kappa shape index (κ1) is 18.7. The number of fused-ring (bicyclic) bond motifs is 1. The second-order valence-electron chi connectivity index (χ2n) is 7.20. The van der Waals surface area contributed by atoms with Crippen molar-refractivity contribution in [1.29, 1.82) is 0 Å². The second kappa shape index (κ2) is 7.17. The van der Waals surface area contributed by atoms with Crippen molar-refractivity contribution in [2.24, 2.45) is 0 Å². The minimum Gasteiger partial charge on any atom is -0.426 e. The van der Waals surface area contributed by atoms with Gasteiger partial charge in [0.2, 0.25) is 17.9 Å². The predicted molar refractivity (Wildman–Crippen MR) is 112 cm³/mol. The number of hydrogen-bond donors (Lipinski definition) is 1. The summed E-state index contributed by atoms with van der Waals surface area (Å²) in [5, 5.41) is 12.1. The smallest absolute Gasteiger partial charge is 0.411 e. The minimum atomic E-state index is -0.412. The molecule has 0 radical (unpaired) electrons. The third-order valence-electron chi connectivity index (χ3n) is 4.93. The van der Waals surface area contributed by atoms with E-state index in [4.69, 9.17) is 10.2 Å². The van der Waals surface area contributed by atoms with E-state index in [1.165, 1.54) is 15.5 Å². The van der Waals surface area contributed by atoms with Gasteiger partial charge in [0.15, 0.2) is 0 Å². The molecule has 1 aromatic carbocycles. The first-order chi connectivity index (χ1) is 15.0. The number of aromatic nitrogens is 7. The van der Waals surface area contributed by atoms with Crippen molar-refractivity contribution in [2.75, 3.05) is 5.73 Å². The molecule has 0 fully saturated rings. The molecule has 31 heavy (non-hydrogen) atoms. The highest BCUT2D eigenvalue weighted by Gasteiger charge is 2.26. The number of nitrogens with one attached hydrogen (secondary N) is 1. The zero-order valence-corrected chi connectivity index (χ0v) is 16.9. The Morgan fingerprint density at radius 3 is 2.52 bits per heavy atom. The minimum absolute atomic E-state index is 0.0362. The van der Waals surface area contributed by atoms with Gasteiger partial charge in [-0.3, -0.25) is 10.7 Å². The number of aryl methyl sites for hydroxylation is 2. The molecule has 0 spiro atoms. The number of nitrogens with two attached hydrogens (primary N) is 1. The van der Waals surface area contributed by atoms with Gasteiger partial charge in [0.1, 0.15) is 12.2 Å². The summed E-state index contributed by atoms with van der Waals surface area (Å²) in [6.07, 6.45) is 1.21. The highest BCUT2D eigenvalue weighted by atomic mass is 16.4. The van der Waals surface area contributed by atoms with E-state index in [1.807, 2.05) is 56.3 Å². The molecule has 10 heteroatoms. The van der Waals surface area contributed by atoms with E-state index in [9.17, 15) is 4.79 Å². The van der Waals surface area contributed by atoms with Crippen molar-refractivity contribution in [3.63, 3.8) is 0 Å². The summed E-state index contributed by atoms with van der Waals surface area (Å²) in [6, 6.07) is 13.7. The molecule has 0 unspecified atom stereocenters. The number of pyridine rings is 1. The highest BCUT2D eigenvalue weighted by Crippen LogP contribution is 2.32. The lowest BCUT2D eigenvalue weighted by Gasteiger charge is -2.10. The van der Waals surface area contributed by atoms with Crippen molar-refractivity contribution >= 4 is 11.6 Å². The van der Waals surface area contributed by atoms with Crippen LogP contribution in [-0.4, -0.2) is 29.4 Å². The summed E-state index contributed by atoms with van der Waals surface area (Å²) >= 11 is 0. The summed E-state index contributed by atoms with van der Waals surface area (Å²) in [5.74, 6) is 0.440. The summed E-state index contributed by atoms with van der Waals surface area (Å²) in [4.78, 5) is 20.8. The molecule has 10 nitrogen and oxygen atoms in total. The van der Waals surface area contributed by atoms with Gasteiger partial charge in [-0.25, -0.2) is 9.78 Å². The fourth-order valence-corrected chi connectivity index (χ4v) is 3.71. The lowest BCUT2D eigenvalue weighted by atomic mass is 9.99. The van der Waals surface area contributed by atoms with Crippen LogP contribution in [0.3, 0.4) is 0 Å². The number of H-pyrrole nitrogens is 1. The van der Waals surface area contributed by atoms with Gasteiger partial charge in [0.25, 0.3) is 0 Å². The van der Waals surface area contributed by atoms with Gasteiger partial charge in [-0.05, 0) is 31.5 Å². The molecule has 4 aromatic heterocycles. The number of nitrogen functional groups attached to an aromatic ring is 1. The van der Waals surface area contributed by atoms with Crippen LogP contribution in [0.5, 0.6) is 0 Å². The maximum absolute atomic E-state index is 13.1. The standard InChI is InChI=1S/C21H18N8O2/c1-12-8-15(9-13(2)24-12)17-18(14-6-4-3-5-7-14)25-20(22)29-19(17)27-28(21(29)30)10-16-26-23-11-31-16/h3-9,11H,10H2,1-2H3,(H2,22,25)/p+1. The van der Waals surface area contributed by atoms with Gasteiger partial charge in [0.05, 0.1) is 5.56 Å². The van der Waals surface area contributed by atoms with Crippen molar-refractivity contribution < 1.29 is 9.40 Å². The van der Waals surface area contributed by atoms with Crippen LogP contribution in [0.4, 0.5) is 5.95 Å². The monoisotopic (exact) mass is 415 g/mol. The lowest BCUT2D eigenvalue weighted by molar-refractivity contribution is -0.351. The van der Waals surface area contributed by atoms with Crippen LogP contribution >= 0.6 is 0 Å². The normalized spacial score (nSPS) is 11.3. The van der Waals surface area contributed by atoms with E-state index in [2.05, 4.69) is 25.3 Å². The molecule has 4 heterocycles. The fraction of sp³-hybridized carbons (Fsp3) is 0.143. The molecule has 0 amide bonds. The molecular formula is C21H19N8O2+. The molecule has 0 bridgehead atoms. The Labute approximate surface area is 176 Å². The fourth-order valence-electron chi connectivity index (χ4n) is 3.71. The maximum atomic E-state index is 13.1. The van der Waals surface area contributed by atoms with Crippen LogP contribution in [0, 0.1) is 13.8 Å². The average molecular weight is 415 g/mol. The Balaban J connectivity index is 1.85. The predicted octanol–water partition coefficient (Wildman–Crippen LogP) is 1.67. The van der Waals surface area contributed by atoms with Crippen molar-refractivity contribution in [1.82, 2.24) is 29.4 Å². The summed E-state index contributed by atoms with van der Waals surface area (Å²) < 4.78 is 7.79. The zero-order chi connectivity index (χ0) is 21.5. The largest absolute Gasteiger partial charge is 0.426 e. The van der Waals surface area contributed by atoms with Gasteiger partial charge in [0, 0.05) is 17.0 Å². The number of rotatable bonds is 4. The lowest BCUT2D eigenvalue weighted by Crippen LogP contribution is -2.28. The van der Waals surface area contributed by atoms with Crippen LogP contribution in [0.25, 0.3) is 28.0 Å². The molecule has 0 saturated heterocycles. The molecule has 0 saturated carbocycles. The first-order valence-electron chi connectivity index (χ1n) is 9.61. The van der Waals surface area contributed by atoms with Gasteiger partial charge in [-0.2, -0.15) is 4.68 Å². The molecule has 5 rings (SSSR count). The molecule has 5 aromatic rings. The van der Waals surface area contributed by atoms with Crippen LogP contribution in [0.15, 0.2) is 58.1 Å². The van der Waals surface area contributed by atoms with E-state index >= 15 is 0 Å². The Bertz CT molecular complexity index is 1430. The maximum Gasteiger partial charge on any atom is 0.411 e. The Morgan fingerprint density at radius 1 is 1.10 bits per heavy atom. The summed E-state index contributed by atoms with van der Waals surface area (Å²) in [5.41, 5.74) is 11.3. The summed E-state index contributed by atoms with van der Waals surface area (Å²) in [6.45, 7) is 3.89. The highest BCUT2D eigenvalue weighted by molar-refractivity contribution is 5.88. The number of hydrogen-bond acceptors (Lipinski definition) is 7. The third kappa shape index (κ3) is 3.23. The number of nitrogens with zero attached hydrogens (tertiary/aromatic N) is 6. The Kier molecular flexibility index (Phi) is 4.32. The van der Waals surface area contributed by atoms with Crippen LogP contribution in [0.1, 0.15) is 17.3 Å². The number of aromatic amines is 1. The van der Waals surface area contributed by atoms with Gasteiger partial charge < -0.3 is 4.42 Å². The van der Waals surface area contributed by atoms with E-state index in [-0.39, 0.29) is 18.4 Å². The molecule has 0 aliphatic carbocycles. The van der Waals surface area contributed by atoms with Crippen LogP contribution < -0.4 is 16.4 Å².